The maximum atomic E-state index is 10.8. The van der Waals surface area contributed by atoms with Crippen LogP contribution >= 0.6 is 0 Å². The first-order chi connectivity index (χ1) is 10.2. The molecule has 1 aromatic heterocycles. The quantitative estimate of drug-likeness (QED) is 0.539. The first-order valence-corrected chi connectivity index (χ1v) is 6.43. The van der Waals surface area contributed by atoms with Gasteiger partial charge in [0.15, 0.2) is 0 Å². The topological polar surface area (TPSA) is 65.3 Å². The van der Waals surface area contributed by atoms with Gasteiger partial charge in [0.1, 0.15) is 12.4 Å². The molecule has 0 aliphatic heterocycles. The minimum absolute atomic E-state index is 0.0458. The predicted octanol–water partition coefficient (Wildman–Crippen LogP) is 3.72. The Labute approximate surface area is 121 Å². The molecule has 0 amide bonds. The highest BCUT2D eigenvalue weighted by molar-refractivity contribution is 5.89. The molecule has 5 heteroatoms. The van der Waals surface area contributed by atoms with E-state index in [0.29, 0.717) is 17.7 Å². The van der Waals surface area contributed by atoms with Crippen LogP contribution in [0.1, 0.15) is 5.56 Å². The number of nitro groups is 1. The van der Waals surface area contributed by atoms with E-state index in [9.17, 15) is 10.1 Å². The number of non-ortho nitro benzene ring substituents is 1. The van der Waals surface area contributed by atoms with Gasteiger partial charge in [0.2, 0.25) is 0 Å². The monoisotopic (exact) mass is 280 g/mol. The average Bonchev–Trinajstić information content (AvgIpc) is 2.53. The SMILES string of the molecule is O=[N+]([O-])c1ccc2c(OCc3ccccc3)cncc2c1. The minimum atomic E-state index is -0.420. The number of fused-ring (bicyclic) bond motifs is 1. The molecule has 0 fully saturated rings. The van der Waals surface area contributed by atoms with Gasteiger partial charge < -0.3 is 4.74 Å². The number of ether oxygens (including phenoxy) is 1. The fraction of sp³-hybridized carbons (Fsp3) is 0.0625. The largest absolute Gasteiger partial charge is 0.487 e. The summed E-state index contributed by atoms with van der Waals surface area (Å²) < 4.78 is 5.77. The van der Waals surface area contributed by atoms with E-state index in [2.05, 4.69) is 4.98 Å². The van der Waals surface area contributed by atoms with E-state index in [1.807, 2.05) is 30.3 Å². The Hall–Kier alpha value is -2.95. The van der Waals surface area contributed by atoms with E-state index in [1.165, 1.54) is 12.1 Å². The second kappa shape index (κ2) is 5.58. The maximum absolute atomic E-state index is 10.8. The molecular weight excluding hydrogens is 268 g/mol. The predicted molar refractivity (Wildman–Crippen MR) is 79.2 cm³/mol. The van der Waals surface area contributed by atoms with Crippen molar-refractivity contribution in [3.63, 3.8) is 0 Å². The zero-order valence-corrected chi connectivity index (χ0v) is 11.1. The third-order valence-electron chi connectivity index (χ3n) is 3.15. The molecule has 0 saturated heterocycles. The Kier molecular flexibility index (Phi) is 3.47. The van der Waals surface area contributed by atoms with E-state index >= 15 is 0 Å². The molecule has 21 heavy (non-hydrogen) atoms. The molecule has 0 aliphatic rings. The van der Waals surface area contributed by atoms with E-state index in [1.54, 1.807) is 18.5 Å². The van der Waals surface area contributed by atoms with Gasteiger partial charge in [-0.25, -0.2) is 0 Å². The summed E-state index contributed by atoms with van der Waals surface area (Å²) in [4.78, 5) is 14.5. The van der Waals surface area contributed by atoms with Gasteiger partial charge in [0, 0.05) is 29.1 Å². The van der Waals surface area contributed by atoms with Crippen LogP contribution in [0.5, 0.6) is 5.75 Å². The standard InChI is InChI=1S/C16H12N2O3/c19-18(20)14-6-7-15-13(8-14)9-17-10-16(15)21-11-12-4-2-1-3-5-12/h1-10H,11H2. The molecule has 2 aromatic carbocycles. The van der Waals surface area contributed by atoms with Crippen molar-refractivity contribution >= 4 is 16.5 Å². The van der Waals surface area contributed by atoms with Crippen molar-refractivity contribution < 1.29 is 9.66 Å². The lowest BCUT2D eigenvalue weighted by atomic mass is 10.1. The highest BCUT2D eigenvalue weighted by Crippen LogP contribution is 2.28. The summed E-state index contributed by atoms with van der Waals surface area (Å²) in [6, 6.07) is 14.5. The van der Waals surface area contributed by atoms with E-state index in [4.69, 9.17) is 4.74 Å². The van der Waals surface area contributed by atoms with Gasteiger partial charge in [-0.05, 0) is 11.6 Å². The molecule has 104 valence electrons. The average molecular weight is 280 g/mol. The van der Waals surface area contributed by atoms with Crippen LogP contribution in [-0.4, -0.2) is 9.91 Å². The van der Waals surface area contributed by atoms with Gasteiger partial charge in [0.05, 0.1) is 11.1 Å². The Bertz CT molecular complexity index is 788. The highest BCUT2D eigenvalue weighted by Gasteiger charge is 2.09. The van der Waals surface area contributed by atoms with Crippen LogP contribution in [0.3, 0.4) is 0 Å². The van der Waals surface area contributed by atoms with Crippen LogP contribution in [0.25, 0.3) is 10.8 Å². The number of rotatable bonds is 4. The molecule has 0 N–H and O–H groups in total. The van der Waals surface area contributed by atoms with Crippen molar-refractivity contribution in [2.45, 2.75) is 6.61 Å². The lowest BCUT2D eigenvalue weighted by Crippen LogP contribution is -1.96. The summed E-state index contributed by atoms with van der Waals surface area (Å²) in [5.41, 5.74) is 1.10. The van der Waals surface area contributed by atoms with Crippen LogP contribution in [0, 0.1) is 10.1 Å². The van der Waals surface area contributed by atoms with E-state index in [-0.39, 0.29) is 5.69 Å². The number of hydrogen-bond acceptors (Lipinski definition) is 4. The Morgan fingerprint density at radius 2 is 1.90 bits per heavy atom. The van der Waals surface area contributed by atoms with Gasteiger partial charge >= 0.3 is 0 Å². The van der Waals surface area contributed by atoms with E-state index < -0.39 is 4.92 Å². The molecule has 5 nitrogen and oxygen atoms in total. The van der Waals surface area contributed by atoms with Crippen molar-refractivity contribution in [3.05, 3.63) is 76.6 Å². The van der Waals surface area contributed by atoms with Crippen LogP contribution in [0.2, 0.25) is 0 Å². The number of benzene rings is 2. The first-order valence-electron chi connectivity index (χ1n) is 6.43. The fourth-order valence-electron chi connectivity index (χ4n) is 2.10. The number of hydrogen-bond donors (Lipinski definition) is 0. The third-order valence-corrected chi connectivity index (χ3v) is 3.15. The maximum Gasteiger partial charge on any atom is 0.270 e. The molecule has 1 heterocycles. The zero-order valence-electron chi connectivity index (χ0n) is 11.1. The summed E-state index contributed by atoms with van der Waals surface area (Å²) in [6.45, 7) is 0.429. The second-order valence-electron chi connectivity index (χ2n) is 4.57. The van der Waals surface area contributed by atoms with Crippen LogP contribution in [-0.2, 0) is 6.61 Å². The minimum Gasteiger partial charge on any atom is -0.487 e. The van der Waals surface area contributed by atoms with Crippen LogP contribution < -0.4 is 4.74 Å². The highest BCUT2D eigenvalue weighted by atomic mass is 16.6. The zero-order chi connectivity index (χ0) is 14.7. The molecule has 0 unspecified atom stereocenters. The Morgan fingerprint density at radius 3 is 2.67 bits per heavy atom. The molecule has 0 bridgehead atoms. The van der Waals surface area contributed by atoms with Crippen molar-refractivity contribution in [1.29, 1.82) is 0 Å². The van der Waals surface area contributed by atoms with Gasteiger partial charge in [-0.15, -0.1) is 0 Å². The number of nitro benzene ring substituents is 1. The molecule has 0 aliphatic carbocycles. The number of aromatic nitrogens is 1. The molecule has 3 aromatic rings. The summed E-state index contributed by atoms with van der Waals surface area (Å²) in [5.74, 6) is 0.617. The van der Waals surface area contributed by atoms with Crippen molar-refractivity contribution in [3.8, 4) is 5.75 Å². The van der Waals surface area contributed by atoms with Crippen molar-refractivity contribution in [2.75, 3.05) is 0 Å². The first kappa shape index (κ1) is 13.1. The lowest BCUT2D eigenvalue weighted by molar-refractivity contribution is -0.384. The Morgan fingerprint density at radius 1 is 1.10 bits per heavy atom. The molecule has 0 atom stereocenters. The normalized spacial score (nSPS) is 10.5. The van der Waals surface area contributed by atoms with E-state index in [0.717, 1.165) is 10.9 Å². The van der Waals surface area contributed by atoms with Crippen LogP contribution in [0.15, 0.2) is 60.9 Å². The molecule has 0 radical (unpaired) electrons. The summed E-state index contributed by atoms with van der Waals surface area (Å²) in [7, 11) is 0. The van der Waals surface area contributed by atoms with Gasteiger partial charge in [-0.3, -0.25) is 15.1 Å². The smallest absolute Gasteiger partial charge is 0.270 e. The summed E-state index contributed by atoms with van der Waals surface area (Å²) in [6.07, 6.45) is 3.22. The molecule has 0 spiro atoms. The molecular formula is C16H12N2O3. The fourth-order valence-corrected chi connectivity index (χ4v) is 2.10. The number of nitrogens with zero attached hydrogens (tertiary/aromatic N) is 2. The summed E-state index contributed by atoms with van der Waals surface area (Å²) in [5, 5.41) is 12.3. The molecule has 3 rings (SSSR count). The van der Waals surface area contributed by atoms with Gasteiger partial charge in [-0.1, -0.05) is 30.3 Å². The number of pyridine rings is 1. The third kappa shape index (κ3) is 2.81. The van der Waals surface area contributed by atoms with Crippen molar-refractivity contribution in [2.24, 2.45) is 0 Å². The Balaban J connectivity index is 1.90. The molecule has 0 saturated carbocycles. The van der Waals surface area contributed by atoms with Crippen molar-refractivity contribution in [1.82, 2.24) is 4.98 Å². The van der Waals surface area contributed by atoms with Gasteiger partial charge in [-0.2, -0.15) is 0 Å². The van der Waals surface area contributed by atoms with Crippen LogP contribution in [0.4, 0.5) is 5.69 Å². The lowest BCUT2D eigenvalue weighted by Gasteiger charge is -2.08. The second-order valence-corrected chi connectivity index (χ2v) is 4.57. The van der Waals surface area contributed by atoms with Gasteiger partial charge in [0.25, 0.3) is 5.69 Å². The summed E-state index contributed by atoms with van der Waals surface area (Å²) >= 11 is 0.